The highest BCUT2D eigenvalue weighted by Gasteiger charge is 2.29. The molecule has 0 fully saturated rings. The van der Waals surface area contributed by atoms with Gasteiger partial charge in [0.2, 0.25) is 10.0 Å². The number of methoxy groups -OCH3 is 2. The number of carbonyl (C=O) groups excluding carboxylic acids is 1. The molecule has 0 atom stereocenters. The molecule has 1 N–H and O–H groups in total. The maximum absolute atomic E-state index is 12.3. The van der Waals surface area contributed by atoms with E-state index in [0.717, 1.165) is 6.26 Å². The van der Waals surface area contributed by atoms with Crippen LogP contribution in [0.4, 0.5) is 0 Å². The van der Waals surface area contributed by atoms with Gasteiger partial charge in [-0.25, -0.2) is 8.42 Å². The number of carbonyl (C=O) groups is 1. The predicted octanol–water partition coefficient (Wildman–Crippen LogP) is 1.49. The molecule has 1 rings (SSSR count). The Kier molecular flexibility index (Phi) is 6.62. The van der Waals surface area contributed by atoms with Gasteiger partial charge in [0.1, 0.15) is 11.5 Å². The van der Waals surface area contributed by atoms with Crippen LogP contribution in [-0.2, 0) is 10.0 Å². The van der Waals surface area contributed by atoms with E-state index in [4.69, 9.17) is 9.47 Å². The SMILES string of the molecule is COc1cc(OC)cc(C(=O)NCCN(C(C)(C)C)S(C)(=O)=O)c1. The third kappa shape index (κ3) is 5.68. The van der Waals surface area contributed by atoms with Crippen LogP contribution in [0.15, 0.2) is 18.2 Å². The van der Waals surface area contributed by atoms with Crippen molar-refractivity contribution in [3.63, 3.8) is 0 Å². The lowest BCUT2D eigenvalue weighted by Gasteiger charge is -2.33. The van der Waals surface area contributed by atoms with E-state index in [1.165, 1.54) is 18.5 Å². The molecule has 1 aromatic rings. The Morgan fingerprint density at radius 1 is 1.12 bits per heavy atom. The summed E-state index contributed by atoms with van der Waals surface area (Å²) in [6.45, 7) is 5.81. The van der Waals surface area contributed by atoms with Crippen molar-refractivity contribution in [2.75, 3.05) is 33.6 Å². The van der Waals surface area contributed by atoms with Gasteiger partial charge < -0.3 is 14.8 Å². The first-order valence-electron chi connectivity index (χ1n) is 7.48. The predicted molar refractivity (Wildman–Crippen MR) is 93.2 cm³/mol. The highest BCUT2D eigenvalue weighted by Crippen LogP contribution is 2.22. The molecule has 136 valence electrons. The second kappa shape index (κ2) is 7.85. The summed E-state index contributed by atoms with van der Waals surface area (Å²) < 4.78 is 35.4. The zero-order valence-corrected chi connectivity index (χ0v) is 15.9. The molecule has 0 aliphatic carbocycles. The fourth-order valence-corrected chi connectivity index (χ4v) is 3.73. The van der Waals surface area contributed by atoms with E-state index in [2.05, 4.69) is 5.32 Å². The van der Waals surface area contributed by atoms with Gasteiger partial charge in [-0.05, 0) is 32.9 Å². The van der Waals surface area contributed by atoms with Crippen LogP contribution in [-0.4, -0.2) is 57.7 Å². The third-order valence-electron chi connectivity index (χ3n) is 3.36. The normalized spacial score (nSPS) is 12.1. The molecule has 0 bridgehead atoms. The minimum absolute atomic E-state index is 0.190. The number of rotatable bonds is 7. The molecule has 7 nitrogen and oxygen atoms in total. The molecule has 0 saturated heterocycles. The molecule has 24 heavy (non-hydrogen) atoms. The molecule has 1 amide bonds. The fourth-order valence-electron chi connectivity index (χ4n) is 2.31. The van der Waals surface area contributed by atoms with E-state index in [1.54, 1.807) is 18.2 Å². The van der Waals surface area contributed by atoms with Gasteiger partial charge in [-0.15, -0.1) is 0 Å². The number of benzene rings is 1. The van der Waals surface area contributed by atoms with Crippen LogP contribution >= 0.6 is 0 Å². The van der Waals surface area contributed by atoms with Gasteiger partial charge in [0.25, 0.3) is 5.91 Å². The first kappa shape index (κ1) is 20.2. The van der Waals surface area contributed by atoms with Crippen LogP contribution in [0.3, 0.4) is 0 Å². The van der Waals surface area contributed by atoms with E-state index < -0.39 is 15.6 Å². The number of nitrogens with one attached hydrogen (secondary N) is 1. The maximum Gasteiger partial charge on any atom is 0.251 e. The van der Waals surface area contributed by atoms with Crippen LogP contribution in [0.2, 0.25) is 0 Å². The smallest absolute Gasteiger partial charge is 0.251 e. The van der Waals surface area contributed by atoms with E-state index in [9.17, 15) is 13.2 Å². The lowest BCUT2D eigenvalue weighted by Crippen LogP contribution is -2.48. The minimum Gasteiger partial charge on any atom is -0.497 e. The van der Waals surface area contributed by atoms with E-state index in [1.807, 2.05) is 20.8 Å². The van der Waals surface area contributed by atoms with Crippen LogP contribution < -0.4 is 14.8 Å². The monoisotopic (exact) mass is 358 g/mol. The van der Waals surface area contributed by atoms with Crippen LogP contribution in [0.5, 0.6) is 11.5 Å². The molecule has 0 radical (unpaired) electrons. The first-order valence-corrected chi connectivity index (χ1v) is 9.33. The number of ether oxygens (including phenoxy) is 2. The minimum atomic E-state index is -3.36. The molecule has 8 heteroatoms. The Bertz CT molecular complexity index is 658. The molecule has 0 aliphatic heterocycles. The summed E-state index contributed by atoms with van der Waals surface area (Å²) in [5.74, 6) is 0.688. The van der Waals surface area contributed by atoms with E-state index >= 15 is 0 Å². The molecule has 0 saturated carbocycles. The summed E-state index contributed by atoms with van der Waals surface area (Å²) in [6.07, 6.45) is 1.16. The molecule has 1 aromatic carbocycles. The molecule has 0 heterocycles. The second-order valence-corrected chi connectivity index (χ2v) is 8.27. The molecule has 0 aromatic heterocycles. The van der Waals surface area contributed by atoms with Crippen molar-refractivity contribution in [2.45, 2.75) is 26.3 Å². The van der Waals surface area contributed by atoms with Gasteiger partial charge in [-0.3, -0.25) is 4.79 Å². The van der Waals surface area contributed by atoms with Crippen molar-refractivity contribution in [1.82, 2.24) is 9.62 Å². The van der Waals surface area contributed by atoms with E-state index in [0.29, 0.717) is 17.1 Å². The van der Waals surface area contributed by atoms with Crippen LogP contribution in [0.1, 0.15) is 31.1 Å². The summed E-state index contributed by atoms with van der Waals surface area (Å²) in [4.78, 5) is 12.3. The lowest BCUT2D eigenvalue weighted by atomic mass is 10.1. The van der Waals surface area contributed by atoms with Crippen molar-refractivity contribution >= 4 is 15.9 Å². The number of hydrogen-bond donors (Lipinski definition) is 1. The Hall–Kier alpha value is -1.80. The van der Waals surface area contributed by atoms with Crippen LogP contribution in [0, 0.1) is 0 Å². The number of amides is 1. The average Bonchev–Trinajstić information content (AvgIpc) is 2.48. The molecule has 0 spiro atoms. The Balaban J connectivity index is 2.79. The maximum atomic E-state index is 12.3. The Morgan fingerprint density at radius 3 is 2.00 bits per heavy atom. The van der Waals surface area contributed by atoms with Gasteiger partial charge in [0.05, 0.1) is 20.5 Å². The van der Waals surface area contributed by atoms with Gasteiger partial charge in [-0.2, -0.15) is 4.31 Å². The van der Waals surface area contributed by atoms with Crippen molar-refractivity contribution in [3.05, 3.63) is 23.8 Å². The fraction of sp³-hybridized carbons (Fsp3) is 0.562. The summed E-state index contributed by atoms with van der Waals surface area (Å²) >= 11 is 0. The summed E-state index contributed by atoms with van der Waals surface area (Å²) in [6, 6.07) is 4.85. The van der Waals surface area contributed by atoms with Crippen LogP contribution in [0.25, 0.3) is 0 Å². The number of sulfonamides is 1. The molecule has 0 aliphatic rings. The summed E-state index contributed by atoms with van der Waals surface area (Å²) in [7, 11) is -0.357. The summed E-state index contributed by atoms with van der Waals surface area (Å²) in [5.41, 5.74) is -0.176. The zero-order valence-electron chi connectivity index (χ0n) is 15.0. The first-order chi connectivity index (χ1) is 11.0. The second-order valence-electron chi connectivity index (χ2n) is 6.36. The number of hydrogen-bond acceptors (Lipinski definition) is 5. The third-order valence-corrected chi connectivity index (χ3v) is 4.89. The molecular formula is C16H26N2O5S. The van der Waals surface area contributed by atoms with Gasteiger partial charge in [0.15, 0.2) is 0 Å². The topological polar surface area (TPSA) is 84.9 Å². The average molecular weight is 358 g/mol. The Morgan fingerprint density at radius 2 is 1.62 bits per heavy atom. The van der Waals surface area contributed by atoms with Gasteiger partial charge >= 0.3 is 0 Å². The summed E-state index contributed by atoms with van der Waals surface area (Å²) in [5, 5.41) is 2.72. The van der Waals surface area contributed by atoms with Crippen molar-refractivity contribution in [3.8, 4) is 11.5 Å². The van der Waals surface area contributed by atoms with Crippen molar-refractivity contribution < 1.29 is 22.7 Å². The van der Waals surface area contributed by atoms with Crippen molar-refractivity contribution in [1.29, 1.82) is 0 Å². The quantitative estimate of drug-likeness (QED) is 0.798. The lowest BCUT2D eigenvalue weighted by molar-refractivity contribution is 0.0947. The zero-order chi connectivity index (χ0) is 18.5. The highest BCUT2D eigenvalue weighted by atomic mass is 32.2. The van der Waals surface area contributed by atoms with Gasteiger partial charge in [0, 0.05) is 30.3 Å². The Labute approximate surface area is 144 Å². The standard InChI is InChI=1S/C16H26N2O5S/c1-16(2,3)18(24(6,20)21)8-7-17-15(19)12-9-13(22-4)11-14(10-12)23-5/h9-11H,7-8H2,1-6H3,(H,17,19). The molecule has 0 unspecified atom stereocenters. The van der Waals surface area contributed by atoms with Crippen molar-refractivity contribution in [2.24, 2.45) is 0 Å². The number of nitrogens with zero attached hydrogens (tertiary/aromatic N) is 1. The van der Waals surface area contributed by atoms with Gasteiger partial charge in [-0.1, -0.05) is 0 Å². The highest BCUT2D eigenvalue weighted by molar-refractivity contribution is 7.88. The largest absolute Gasteiger partial charge is 0.497 e. The van der Waals surface area contributed by atoms with E-state index in [-0.39, 0.29) is 19.0 Å². The molecular weight excluding hydrogens is 332 g/mol.